The summed E-state index contributed by atoms with van der Waals surface area (Å²) in [4.78, 5) is 12.1. The summed E-state index contributed by atoms with van der Waals surface area (Å²) in [5, 5.41) is 4.18. The van der Waals surface area contributed by atoms with Crippen molar-refractivity contribution in [3.05, 3.63) is 29.8 Å². The van der Waals surface area contributed by atoms with Crippen molar-refractivity contribution >= 4 is 27.3 Å². The summed E-state index contributed by atoms with van der Waals surface area (Å²) in [5.41, 5.74) is 4.99. The minimum absolute atomic E-state index is 0.279. The van der Waals surface area contributed by atoms with Crippen LogP contribution in [0.25, 0.3) is 0 Å². The maximum atomic E-state index is 12.1. The van der Waals surface area contributed by atoms with Gasteiger partial charge in [-0.3, -0.25) is 9.10 Å². The third kappa shape index (κ3) is 5.63. The fourth-order valence-electron chi connectivity index (χ4n) is 2.67. The van der Waals surface area contributed by atoms with Crippen molar-refractivity contribution in [3.63, 3.8) is 0 Å². The highest BCUT2D eigenvalue weighted by Gasteiger charge is 2.20. The zero-order valence-electron chi connectivity index (χ0n) is 14.3. The lowest BCUT2D eigenvalue weighted by atomic mass is 10.2. The second-order valence-corrected chi connectivity index (χ2v) is 8.14. The lowest BCUT2D eigenvalue weighted by Crippen LogP contribution is -2.39. The summed E-state index contributed by atoms with van der Waals surface area (Å²) < 4.78 is 25.1. The molecule has 1 aliphatic carbocycles. The molecule has 0 heterocycles. The van der Waals surface area contributed by atoms with E-state index in [1.807, 2.05) is 19.1 Å². The summed E-state index contributed by atoms with van der Waals surface area (Å²) in [7, 11) is -3.55. The van der Waals surface area contributed by atoms with Crippen molar-refractivity contribution in [1.82, 2.24) is 5.43 Å². The molecule has 1 aromatic rings. The van der Waals surface area contributed by atoms with Crippen molar-refractivity contribution in [1.29, 1.82) is 0 Å². The Kier molecular flexibility index (Phi) is 6.36. The molecule has 0 saturated heterocycles. The average molecular weight is 351 g/mol. The van der Waals surface area contributed by atoms with Crippen molar-refractivity contribution in [3.8, 4) is 0 Å². The van der Waals surface area contributed by atoms with Crippen molar-refractivity contribution in [2.45, 2.75) is 45.4 Å². The molecular formula is C17H25N3O3S. The van der Waals surface area contributed by atoms with E-state index < -0.39 is 15.9 Å². The van der Waals surface area contributed by atoms with Crippen LogP contribution in [-0.2, 0) is 14.8 Å². The van der Waals surface area contributed by atoms with Crippen molar-refractivity contribution < 1.29 is 13.2 Å². The Morgan fingerprint density at radius 3 is 2.25 bits per heavy atom. The van der Waals surface area contributed by atoms with E-state index in [2.05, 4.69) is 10.5 Å². The van der Waals surface area contributed by atoms with Gasteiger partial charge in [-0.25, -0.2) is 13.8 Å². The van der Waals surface area contributed by atoms with E-state index in [4.69, 9.17) is 0 Å². The number of amides is 1. The van der Waals surface area contributed by atoms with Gasteiger partial charge in [0.05, 0.1) is 11.9 Å². The first-order chi connectivity index (χ1) is 11.4. The highest BCUT2D eigenvalue weighted by Crippen LogP contribution is 2.18. The van der Waals surface area contributed by atoms with E-state index in [0.717, 1.165) is 47.5 Å². The van der Waals surface area contributed by atoms with Gasteiger partial charge < -0.3 is 0 Å². The standard InChI is InChI=1S/C17H25N3O3S/c1-14-9-11-16(12-10-14)20(24(2,22)23)13-17(21)19-18-15-7-5-3-4-6-8-15/h9-12H,3-8,13H2,1-2H3,(H,19,21). The maximum Gasteiger partial charge on any atom is 0.260 e. The number of benzene rings is 1. The number of carbonyl (C=O) groups excluding carboxylic acids is 1. The number of nitrogens with zero attached hydrogens (tertiary/aromatic N) is 2. The Balaban J connectivity index is 2.05. The Morgan fingerprint density at radius 2 is 1.71 bits per heavy atom. The molecule has 0 aromatic heterocycles. The smallest absolute Gasteiger partial charge is 0.260 e. The zero-order chi connectivity index (χ0) is 17.6. The van der Waals surface area contributed by atoms with Gasteiger partial charge in [0.1, 0.15) is 6.54 Å². The Bertz CT molecular complexity index is 686. The molecule has 0 bridgehead atoms. The lowest BCUT2D eigenvalue weighted by Gasteiger charge is -2.21. The van der Waals surface area contributed by atoms with Crippen LogP contribution in [0.3, 0.4) is 0 Å². The number of hydrogen-bond acceptors (Lipinski definition) is 4. The van der Waals surface area contributed by atoms with Crippen LogP contribution in [0.5, 0.6) is 0 Å². The van der Waals surface area contributed by atoms with E-state index in [0.29, 0.717) is 5.69 Å². The molecule has 1 aliphatic rings. The minimum Gasteiger partial charge on any atom is -0.271 e. The molecule has 0 unspecified atom stereocenters. The fourth-order valence-corrected chi connectivity index (χ4v) is 3.52. The first kappa shape index (κ1) is 18.4. The van der Waals surface area contributed by atoms with Gasteiger partial charge >= 0.3 is 0 Å². The molecule has 6 nitrogen and oxygen atoms in total. The largest absolute Gasteiger partial charge is 0.271 e. The molecule has 132 valence electrons. The summed E-state index contributed by atoms with van der Waals surface area (Å²) in [5.74, 6) is -0.433. The van der Waals surface area contributed by atoms with Crippen LogP contribution in [0.2, 0.25) is 0 Å². The van der Waals surface area contributed by atoms with Crippen LogP contribution >= 0.6 is 0 Å². The molecule has 0 radical (unpaired) electrons. The predicted octanol–water partition coefficient (Wildman–Crippen LogP) is 2.59. The number of hydrogen-bond donors (Lipinski definition) is 1. The van der Waals surface area contributed by atoms with Crippen LogP contribution in [0, 0.1) is 6.92 Å². The van der Waals surface area contributed by atoms with Crippen molar-refractivity contribution in [2.75, 3.05) is 17.1 Å². The molecular weight excluding hydrogens is 326 g/mol. The van der Waals surface area contributed by atoms with Gasteiger partial charge in [0.25, 0.3) is 5.91 Å². The molecule has 0 spiro atoms. The number of rotatable bonds is 5. The van der Waals surface area contributed by atoms with Crippen LogP contribution in [0.4, 0.5) is 5.69 Å². The molecule has 1 saturated carbocycles. The summed E-state index contributed by atoms with van der Waals surface area (Å²) >= 11 is 0. The molecule has 1 aromatic carbocycles. The minimum atomic E-state index is -3.55. The molecule has 1 amide bonds. The third-order valence-corrected chi connectivity index (χ3v) is 5.17. The van der Waals surface area contributed by atoms with Crippen LogP contribution < -0.4 is 9.73 Å². The van der Waals surface area contributed by atoms with E-state index in [9.17, 15) is 13.2 Å². The highest BCUT2D eigenvalue weighted by molar-refractivity contribution is 7.92. The summed E-state index contributed by atoms with van der Waals surface area (Å²) in [6.45, 7) is 1.64. The highest BCUT2D eigenvalue weighted by atomic mass is 32.2. The average Bonchev–Trinajstić information content (AvgIpc) is 2.79. The third-order valence-electron chi connectivity index (χ3n) is 4.03. The molecule has 1 fully saturated rings. The SMILES string of the molecule is Cc1ccc(N(CC(=O)NN=C2CCCCCC2)S(C)(=O)=O)cc1. The quantitative estimate of drug-likeness (QED) is 0.654. The number of carbonyl (C=O) groups is 1. The maximum absolute atomic E-state index is 12.1. The Morgan fingerprint density at radius 1 is 1.12 bits per heavy atom. The first-order valence-corrected chi connectivity index (χ1v) is 10.1. The number of sulfonamides is 1. The summed E-state index contributed by atoms with van der Waals surface area (Å²) in [6.07, 6.45) is 7.46. The van der Waals surface area contributed by atoms with Gasteiger partial charge in [-0.05, 0) is 44.7 Å². The molecule has 7 heteroatoms. The van der Waals surface area contributed by atoms with Gasteiger partial charge in [-0.2, -0.15) is 5.10 Å². The monoisotopic (exact) mass is 351 g/mol. The Labute approximate surface area is 144 Å². The van der Waals surface area contributed by atoms with Gasteiger partial charge in [0, 0.05) is 5.71 Å². The second-order valence-electron chi connectivity index (χ2n) is 6.23. The fraction of sp³-hybridized carbons (Fsp3) is 0.529. The predicted molar refractivity (Wildman–Crippen MR) is 96.6 cm³/mol. The molecule has 0 aliphatic heterocycles. The number of anilines is 1. The van der Waals surface area contributed by atoms with Crippen LogP contribution in [-0.4, -0.2) is 32.8 Å². The molecule has 2 rings (SSSR count). The zero-order valence-corrected chi connectivity index (χ0v) is 15.1. The number of nitrogens with one attached hydrogen (secondary N) is 1. The first-order valence-electron chi connectivity index (χ1n) is 8.25. The molecule has 24 heavy (non-hydrogen) atoms. The van der Waals surface area contributed by atoms with E-state index >= 15 is 0 Å². The van der Waals surface area contributed by atoms with E-state index in [1.165, 1.54) is 12.8 Å². The van der Waals surface area contributed by atoms with Gasteiger partial charge in [0.2, 0.25) is 10.0 Å². The number of hydrazone groups is 1. The topological polar surface area (TPSA) is 78.8 Å². The summed E-state index contributed by atoms with van der Waals surface area (Å²) in [6, 6.07) is 7.02. The van der Waals surface area contributed by atoms with Crippen molar-refractivity contribution in [2.24, 2.45) is 5.10 Å². The number of aryl methyl sites for hydroxylation is 1. The normalized spacial score (nSPS) is 15.5. The van der Waals surface area contributed by atoms with E-state index in [1.54, 1.807) is 12.1 Å². The van der Waals surface area contributed by atoms with E-state index in [-0.39, 0.29) is 6.54 Å². The van der Waals surface area contributed by atoms with Crippen LogP contribution in [0.15, 0.2) is 29.4 Å². The lowest BCUT2D eigenvalue weighted by molar-refractivity contribution is -0.119. The Hall–Kier alpha value is -1.89. The van der Waals surface area contributed by atoms with Gasteiger partial charge in [-0.15, -0.1) is 0 Å². The molecule has 1 N–H and O–H groups in total. The van der Waals surface area contributed by atoms with Crippen LogP contribution in [0.1, 0.15) is 44.1 Å². The van der Waals surface area contributed by atoms with Gasteiger partial charge in [-0.1, -0.05) is 30.5 Å². The molecule has 0 atom stereocenters. The van der Waals surface area contributed by atoms with Gasteiger partial charge in [0.15, 0.2) is 0 Å². The second kappa shape index (κ2) is 8.28.